The van der Waals surface area contributed by atoms with Gasteiger partial charge in [0.15, 0.2) is 0 Å². The van der Waals surface area contributed by atoms with Gasteiger partial charge in [0.05, 0.1) is 11.3 Å². The quantitative estimate of drug-likeness (QED) is 0.569. The molecule has 0 N–H and O–H groups in total. The Morgan fingerprint density at radius 1 is 1.11 bits per heavy atom. The standard InChI is InChI=1S/C21H25ClN4S/c1-24-9-11-25(12-10-24)19-4-7-26(8-5-19)20-14-21(22)23-15-18(20)3-2-17-6-13-27-16-17/h6,13-16,19H,4-5,7-12H2,1H3. The highest BCUT2D eigenvalue weighted by Gasteiger charge is 2.27. The maximum atomic E-state index is 6.20. The van der Waals surface area contributed by atoms with E-state index in [0.717, 1.165) is 29.9 Å². The molecule has 0 saturated carbocycles. The van der Waals surface area contributed by atoms with Crippen molar-refractivity contribution in [3.05, 3.63) is 45.4 Å². The molecule has 2 saturated heterocycles. The van der Waals surface area contributed by atoms with Crippen LogP contribution in [0.15, 0.2) is 29.1 Å². The van der Waals surface area contributed by atoms with Crippen molar-refractivity contribution in [1.29, 1.82) is 0 Å². The van der Waals surface area contributed by atoms with Crippen molar-refractivity contribution in [2.45, 2.75) is 18.9 Å². The molecule has 2 aliphatic rings. The Balaban J connectivity index is 1.45. The van der Waals surface area contributed by atoms with Crippen molar-refractivity contribution in [2.24, 2.45) is 0 Å². The fraction of sp³-hybridized carbons (Fsp3) is 0.476. The normalized spacial score (nSPS) is 19.7. The third-order valence-electron chi connectivity index (χ3n) is 5.57. The first kappa shape index (κ1) is 18.8. The van der Waals surface area contributed by atoms with Crippen LogP contribution < -0.4 is 4.90 Å². The summed E-state index contributed by atoms with van der Waals surface area (Å²) < 4.78 is 0. The van der Waals surface area contributed by atoms with Gasteiger partial charge in [-0.1, -0.05) is 23.4 Å². The zero-order valence-electron chi connectivity index (χ0n) is 15.7. The van der Waals surface area contributed by atoms with Crippen LogP contribution in [-0.2, 0) is 0 Å². The molecule has 4 heterocycles. The highest BCUT2D eigenvalue weighted by Crippen LogP contribution is 2.27. The first-order valence-electron chi connectivity index (χ1n) is 9.56. The third kappa shape index (κ3) is 4.64. The highest BCUT2D eigenvalue weighted by molar-refractivity contribution is 7.08. The van der Waals surface area contributed by atoms with Gasteiger partial charge in [-0.2, -0.15) is 11.3 Å². The van der Waals surface area contributed by atoms with Gasteiger partial charge in [-0.3, -0.25) is 4.90 Å². The molecule has 4 rings (SSSR count). The molecule has 2 aromatic heterocycles. The van der Waals surface area contributed by atoms with Crippen LogP contribution in [0.25, 0.3) is 0 Å². The van der Waals surface area contributed by atoms with Crippen LogP contribution in [0, 0.1) is 11.8 Å². The number of hydrogen-bond acceptors (Lipinski definition) is 5. The average Bonchev–Trinajstić information content (AvgIpc) is 3.21. The number of piperidine rings is 1. The lowest BCUT2D eigenvalue weighted by Gasteiger charge is -2.42. The molecule has 0 amide bonds. The Hall–Kier alpha value is -1.58. The molecule has 2 aliphatic heterocycles. The van der Waals surface area contributed by atoms with Gasteiger partial charge in [0.1, 0.15) is 5.15 Å². The van der Waals surface area contributed by atoms with E-state index in [4.69, 9.17) is 11.6 Å². The van der Waals surface area contributed by atoms with E-state index in [9.17, 15) is 0 Å². The van der Waals surface area contributed by atoms with Crippen LogP contribution in [0.5, 0.6) is 0 Å². The number of aromatic nitrogens is 1. The summed E-state index contributed by atoms with van der Waals surface area (Å²) in [7, 11) is 2.21. The summed E-state index contributed by atoms with van der Waals surface area (Å²) >= 11 is 7.87. The van der Waals surface area contributed by atoms with Gasteiger partial charge in [0, 0.05) is 68.5 Å². The largest absolute Gasteiger partial charge is 0.370 e. The summed E-state index contributed by atoms with van der Waals surface area (Å²) in [4.78, 5) is 11.8. The van der Waals surface area contributed by atoms with E-state index in [2.05, 4.69) is 44.0 Å². The maximum Gasteiger partial charge on any atom is 0.131 e. The van der Waals surface area contributed by atoms with Gasteiger partial charge in [0.25, 0.3) is 0 Å². The summed E-state index contributed by atoms with van der Waals surface area (Å²) in [5, 5.41) is 4.65. The number of piperazine rings is 1. The van der Waals surface area contributed by atoms with E-state index in [0.29, 0.717) is 11.2 Å². The number of hydrogen-bond donors (Lipinski definition) is 0. The predicted molar refractivity (Wildman–Crippen MR) is 114 cm³/mol. The van der Waals surface area contributed by atoms with E-state index in [-0.39, 0.29) is 0 Å². The number of nitrogens with zero attached hydrogens (tertiary/aromatic N) is 4. The zero-order chi connectivity index (χ0) is 18.6. The minimum absolute atomic E-state index is 0.535. The SMILES string of the molecule is CN1CCN(C2CCN(c3cc(Cl)ncc3C#Cc3ccsc3)CC2)CC1. The topological polar surface area (TPSA) is 22.6 Å². The molecule has 0 atom stereocenters. The van der Waals surface area contributed by atoms with Crippen molar-refractivity contribution in [2.75, 3.05) is 51.2 Å². The molecular weight excluding hydrogens is 376 g/mol. The number of halogens is 1. The van der Waals surface area contributed by atoms with Crippen LogP contribution in [-0.4, -0.2) is 67.1 Å². The molecule has 0 unspecified atom stereocenters. The van der Waals surface area contributed by atoms with Crippen molar-refractivity contribution in [3.8, 4) is 11.8 Å². The van der Waals surface area contributed by atoms with E-state index in [1.165, 1.54) is 39.0 Å². The van der Waals surface area contributed by atoms with E-state index < -0.39 is 0 Å². The lowest BCUT2D eigenvalue weighted by molar-refractivity contribution is 0.0982. The second-order valence-corrected chi connectivity index (χ2v) is 8.51. The lowest BCUT2D eigenvalue weighted by atomic mass is 10.0. The lowest BCUT2D eigenvalue weighted by Crippen LogP contribution is -2.52. The molecule has 4 nitrogen and oxygen atoms in total. The van der Waals surface area contributed by atoms with Crippen LogP contribution in [0.1, 0.15) is 24.0 Å². The smallest absolute Gasteiger partial charge is 0.131 e. The van der Waals surface area contributed by atoms with Crippen LogP contribution in [0.2, 0.25) is 5.15 Å². The minimum atomic E-state index is 0.535. The predicted octanol–water partition coefficient (Wildman–Crippen LogP) is 3.41. The molecule has 0 aliphatic carbocycles. The molecule has 0 aromatic carbocycles. The molecule has 0 bridgehead atoms. The minimum Gasteiger partial charge on any atom is -0.370 e. The highest BCUT2D eigenvalue weighted by atomic mass is 35.5. The van der Waals surface area contributed by atoms with Crippen LogP contribution in [0.3, 0.4) is 0 Å². The molecule has 6 heteroatoms. The first-order valence-corrected chi connectivity index (χ1v) is 10.9. The molecule has 142 valence electrons. The van der Waals surface area contributed by atoms with Crippen molar-refractivity contribution < 1.29 is 0 Å². The molecule has 2 aromatic rings. The van der Waals surface area contributed by atoms with Gasteiger partial charge in [0.2, 0.25) is 0 Å². The second kappa shape index (κ2) is 8.62. The third-order valence-corrected chi connectivity index (χ3v) is 6.46. The number of pyridine rings is 1. The summed E-state index contributed by atoms with van der Waals surface area (Å²) in [6.45, 7) is 6.85. The fourth-order valence-corrected chi connectivity index (χ4v) is 4.65. The Morgan fingerprint density at radius 3 is 2.59 bits per heavy atom. The van der Waals surface area contributed by atoms with Crippen molar-refractivity contribution in [1.82, 2.24) is 14.8 Å². The van der Waals surface area contributed by atoms with Gasteiger partial charge >= 0.3 is 0 Å². The van der Waals surface area contributed by atoms with Gasteiger partial charge in [-0.25, -0.2) is 4.98 Å². The Morgan fingerprint density at radius 2 is 1.89 bits per heavy atom. The molecular formula is C21H25ClN4S. The summed E-state index contributed by atoms with van der Waals surface area (Å²) in [5.74, 6) is 6.54. The molecule has 0 spiro atoms. The Kier molecular flexibility index (Phi) is 5.99. The van der Waals surface area contributed by atoms with E-state index in [1.807, 2.05) is 23.7 Å². The molecule has 2 fully saturated rings. The van der Waals surface area contributed by atoms with E-state index >= 15 is 0 Å². The number of anilines is 1. The zero-order valence-corrected chi connectivity index (χ0v) is 17.3. The maximum absolute atomic E-state index is 6.20. The van der Waals surface area contributed by atoms with Gasteiger partial charge < -0.3 is 9.80 Å². The number of likely N-dealkylation sites (N-methyl/N-ethyl adjacent to an activating group) is 1. The monoisotopic (exact) mass is 400 g/mol. The summed E-state index contributed by atoms with van der Waals surface area (Å²) in [6, 6.07) is 4.71. The summed E-state index contributed by atoms with van der Waals surface area (Å²) in [5.41, 5.74) is 3.13. The van der Waals surface area contributed by atoms with Crippen molar-refractivity contribution in [3.63, 3.8) is 0 Å². The number of thiophene rings is 1. The fourth-order valence-electron chi connectivity index (χ4n) is 3.91. The molecule has 27 heavy (non-hydrogen) atoms. The van der Waals surface area contributed by atoms with Crippen LogP contribution in [0.4, 0.5) is 5.69 Å². The Labute approximate surface area is 170 Å². The first-order chi connectivity index (χ1) is 13.2. The summed E-state index contributed by atoms with van der Waals surface area (Å²) in [6.07, 6.45) is 4.20. The Bertz CT molecular complexity index is 810. The molecule has 0 radical (unpaired) electrons. The van der Waals surface area contributed by atoms with Gasteiger partial charge in [-0.05, 0) is 31.3 Å². The van der Waals surface area contributed by atoms with Gasteiger partial charge in [-0.15, -0.1) is 0 Å². The van der Waals surface area contributed by atoms with Crippen molar-refractivity contribution >= 4 is 28.6 Å². The van der Waals surface area contributed by atoms with Crippen LogP contribution >= 0.6 is 22.9 Å². The number of rotatable bonds is 2. The average molecular weight is 401 g/mol. The van der Waals surface area contributed by atoms with E-state index in [1.54, 1.807) is 11.3 Å². The second-order valence-electron chi connectivity index (χ2n) is 7.34.